The Morgan fingerprint density at radius 1 is 1.35 bits per heavy atom. The molecule has 1 atom stereocenters. The number of benzene rings is 1. The minimum Gasteiger partial charge on any atom is -0.301 e. The molecule has 0 saturated heterocycles. The van der Waals surface area contributed by atoms with Crippen LogP contribution in [-0.2, 0) is 9.59 Å². The first-order valence-corrected chi connectivity index (χ1v) is 7.35. The molecule has 0 aromatic heterocycles. The highest BCUT2D eigenvalue weighted by Gasteiger charge is 2.29. The van der Waals surface area contributed by atoms with E-state index in [1.165, 1.54) is 0 Å². The van der Waals surface area contributed by atoms with E-state index in [1.54, 1.807) is 4.90 Å². The maximum absolute atomic E-state index is 12.2. The molecule has 1 aliphatic carbocycles. The van der Waals surface area contributed by atoms with Crippen LogP contribution in [0.15, 0.2) is 42.1 Å². The Morgan fingerprint density at radius 3 is 2.65 bits per heavy atom. The lowest BCUT2D eigenvalue weighted by atomic mass is 9.99. The number of alkyl halides is 1. The number of Topliss-reactive ketones (excluding diaryl/α,β-unsaturated/α-hetero) is 1. The molecule has 0 fully saturated rings. The SMILES string of the molecule is C[C@@H](c1ccccc1)N(C(=O)CCl)C1=CCCCC1=O. The van der Waals surface area contributed by atoms with Gasteiger partial charge < -0.3 is 4.90 Å². The second-order valence-corrected chi connectivity index (χ2v) is 5.16. The number of hydrogen-bond donors (Lipinski definition) is 0. The van der Waals surface area contributed by atoms with Gasteiger partial charge in [0.05, 0.1) is 11.7 Å². The van der Waals surface area contributed by atoms with Crippen molar-refractivity contribution in [3.8, 4) is 0 Å². The van der Waals surface area contributed by atoms with E-state index in [0.717, 1.165) is 18.4 Å². The Balaban J connectivity index is 2.35. The highest BCUT2D eigenvalue weighted by molar-refractivity contribution is 6.27. The molecule has 0 radical (unpaired) electrons. The predicted octanol–water partition coefficient (Wildman–Crippen LogP) is 3.45. The van der Waals surface area contributed by atoms with Gasteiger partial charge in [-0.15, -0.1) is 11.6 Å². The molecule has 20 heavy (non-hydrogen) atoms. The third kappa shape index (κ3) is 3.10. The molecule has 3 nitrogen and oxygen atoms in total. The molecule has 1 aromatic carbocycles. The third-order valence-corrected chi connectivity index (χ3v) is 3.77. The van der Waals surface area contributed by atoms with Crippen LogP contribution in [0.25, 0.3) is 0 Å². The van der Waals surface area contributed by atoms with E-state index in [2.05, 4.69) is 0 Å². The van der Waals surface area contributed by atoms with Crippen LogP contribution in [-0.4, -0.2) is 22.5 Å². The zero-order chi connectivity index (χ0) is 14.5. The number of carbonyl (C=O) groups is 2. The summed E-state index contributed by atoms with van der Waals surface area (Å²) >= 11 is 5.72. The molecule has 1 aliphatic rings. The lowest BCUT2D eigenvalue weighted by Crippen LogP contribution is -2.37. The summed E-state index contributed by atoms with van der Waals surface area (Å²) in [6, 6.07) is 9.48. The molecular formula is C16H18ClNO2. The number of ketones is 1. The first-order valence-electron chi connectivity index (χ1n) is 6.81. The summed E-state index contributed by atoms with van der Waals surface area (Å²) in [5, 5.41) is 0. The molecule has 0 aliphatic heterocycles. The highest BCUT2D eigenvalue weighted by atomic mass is 35.5. The zero-order valence-corrected chi connectivity index (χ0v) is 12.3. The number of allylic oxidation sites excluding steroid dienone is 2. The highest BCUT2D eigenvalue weighted by Crippen LogP contribution is 2.28. The van der Waals surface area contributed by atoms with Crippen molar-refractivity contribution in [3.05, 3.63) is 47.7 Å². The Labute approximate surface area is 124 Å². The normalized spacial score (nSPS) is 16.5. The van der Waals surface area contributed by atoms with E-state index in [1.807, 2.05) is 43.3 Å². The maximum atomic E-state index is 12.2. The van der Waals surface area contributed by atoms with Gasteiger partial charge in [0.15, 0.2) is 5.78 Å². The van der Waals surface area contributed by atoms with Gasteiger partial charge >= 0.3 is 0 Å². The number of carbonyl (C=O) groups excluding carboxylic acids is 2. The Hall–Kier alpha value is -1.61. The van der Waals surface area contributed by atoms with Gasteiger partial charge in [-0.1, -0.05) is 36.4 Å². The molecule has 1 aromatic rings. The summed E-state index contributed by atoms with van der Waals surface area (Å²) in [5.74, 6) is -0.330. The number of nitrogens with zero attached hydrogens (tertiary/aromatic N) is 1. The lowest BCUT2D eigenvalue weighted by Gasteiger charge is -2.32. The minimum absolute atomic E-state index is 0.0255. The van der Waals surface area contributed by atoms with Gasteiger partial charge in [-0.3, -0.25) is 9.59 Å². The van der Waals surface area contributed by atoms with Gasteiger partial charge in [0.2, 0.25) is 5.91 Å². The van der Waals surface area contributed by atoms with E-state index >= 15 is 0 Å². The van der Waals surface area contributed by atoms with E-state index in [-0.39, 0.29) is 23.6 Å². The molecule has 0 heterocycles. The average molecular weight is 292 g/mol. The molecule has 2 rings (SSSR count). The number of rotatable bonds is 4. The summed E-state index contributed by atoms with van der Waals surface area (Å²) in [6.45, 7) is 1.92. The van der Waals surface area contributed by atoms with Crippen LogP contribution in [0.3, 0.4) is 0 Å². The quantitative estimate of drug-likeness (QED) is 0.797. The Morgan fingerprint density at radius 2 is 2.05 bits per heavy atom. The number of amides is 1. The fraction of sp³-hybridized carbons (Fsp3) is 0.375. The molecular weight excluding hydrogens is 274 g/mol. The van der Waals surface area contributed by atoms with E-state index in [9.17, 15) is 9.59 Å². The van der Waals surface area contributed by atoms with Crippen LogP contribution in [0, 0.1) is 0 Å². The zero-order valence-electron chi connectivity index (χ0n) is 11.5. The van der Waals surface area contributed by atoms with Crippen molar-refractivity contribution in [2.45, 2.75) is 32.2 Å². The van der Waals surface area contributed by atoms with E-state index in [0.29, 0.717) is 12.1 Å². The minimum atomic E-state index is -0.232. The van der Waals surface area contributed by atoms with Gasteiger partial charge in [-0.25, -0.2) is 0 Å². The Bertz CT molecular complexity index is 525. The molecule has 0 bridgehead atoms. The van der Waals surface area contributed by atoms with E-state index < -0.39 is 0 Å². The molecule has 0 unspecified atom stereocenters. The van der Waals surface area contributed by atoms with Crippen LogP contribution < -0.4 is 0 Å². The van der Waals surface area contributed by atoms with Crippen LogP contribution in [0.1, 0.15) is 37.8 Å². The standard InChI is InChI=1S/C16H18ClNO2/c1-12(13-7-3-2-4-8-13)18(16(20)11-17)14-9-5-6-10-15(14)19/h2-4,7-9,12H,5-6,10-11H2,1H3/t12-/m0/s1. The van der Waals surface area contributed by atoms with Crippen molar-refractivity contribution in [2.75, 3.05) is 5.88 Å². The molecule has 1 amide bonds. The summed E-state index contributed by atoms with van der Waals surface area (Å²) < 4.78 is 0. The Kier molecular flexibility index (Phi) is 4.96. The molecule has 0 spiro atoms. The smallest absolute Gasteiger partial charge is 0.242 e. The van der Waals surface area contributed by atoms with Crippen molar-refractivity contribution >= 4 is 23.3 Å². The number of halogens is 1. The predicted molar refractivity (Wildman–Crippen MR) is 79.4 cm³/mol. The van der Waals surface area contributed by atoms with Crippen LogP contribution in [0.2, 0.25) is 0 Å². The second kappa shape index (κ2) is 6.71. The van der Waals surface area contributed by atoms with Crippen molar-refractivity contribution in [1.29, 1.82) is 0 Å². The summed E-state index contributed by atoms with van der Waals surface area (Å²) in [7, 11) is 0. The third-order valence-electron chi connectivity index (χ3n) is 3.54. The van der Waals surface area contributed by atoms with Gasteiger partial charge in [-0.2, -0.15) is 0 Å². The van der Waals surface area contributed by atoms with Crippen LogP contribution in [0.5, 0.6) is 0 Å². The van der Waals surface area contributed by atoms with Gasteiger partial charge in [0.1, 0.15) is 5.88 Å². The average Bonchev–Trinajstić information content (AvgIpc) is 2.50. The van der Waals surface area contributed by atoms with Crippen LogP contribution >= 0.6 is 11.6 Å². The lowest BCUT2D eigenvalue weighted by molar-refractivity contribution is -0.132. The van der Waals surface area contributed by atoms with Gasteiger partial charge in [0, 0.05) is 6.42 Å². The van der Waals surface area contributed by atoms with Crippen molar-refractivity contribution in [2.24, 2.45) is 0 Å². The summed E-state index contributed by atoms with van der Waals surface area (Å²) in [6.07, 6.45) is 4.04. The largest absolute Gasteiger partial charge is 0.301 e. The topological polar surface area (TPSA) is 37.4 Å². The molecule has 0 N–H and O–H groups in total. The second-order valence-electron chi connectivity index (χ2n) is 4.89. The first-order chi connectivity index (χ1) is 9.65. The summed E-state index contributed by atoms with van der Waals surface area (Å²) in [4.78, 5) is 25.8. The fourth-order valence-electron chi connectivity index (χ4n) is 2.48. The number of hydrogen-bond acceptors (Lipinski definition) is 2. The fourth-order valence-corrected chi connectivity index (χ4v) is 2.61. The van der Waals surface area contributed by atoms with Crippen molar-refractivity contribution in [3.63, 3.8) is 0 Å². The molecule has 4 heteroatoms. The van der Waals surface area contributed by atoms with Gasteiger partial charge in [0.25, 0.3) is 0 Å². The maximum Gasteiger partial charge on any atom is 0.242 e. The molecule has 106 valence electrons. The summed E-state index contributed by atoms with van der Waals surface area (Å²) in [5.41, 5.74) is 1.49. The monoisotopic (exact) mass is 291 g/mol. The van der Waals surface area contributed by atoms with Crippen molar-refractivity contribution < 1.29 is 9.59 Å². The van der Waals surface area contributed by atoms with Crippen LogP contribution in [0.4, 0.5) is 0 Å². The first kappa shape index (κ1) is 14.8. The van der Waals surface area contributed by atoms with Gasteiger partial charge in [-0.05, 0) is 25.3 Å². The van der Waals surface area contributed by atoms with E-state index in [4.69, 9.17) is 11.6 Å². The van der Waals surface area contributed by atoms with Crippen molar-refractivity contribution in [1.82, 2.24) is 4.90 Å². The molecule has 0 saturated carbocycles.